The molecule has 7 heteroatoms. The second-order valence-corrected chi connectivity index (χ2v) is 7.21. The van der Waals surface area contributed by atoms with Gasteiger partial charge in [0.1, 0.15) is 17.2 Å². The van der Waals surface area contributed by atoms with Gasteiger partial charge in [-0.3, -0.25) is 0 Å². The van der Waals surface area contributed by atoms with Gasteiger partial charge in [-0.15, -0.1) is 0 Å². The van der Waals surface area contributed by atoms with E-state index >= 15 is 0 Å². The smallest absolute Gasteiger partial charge is 0.317 e. The van der Waals surface area contributed by atoms with Gasteiger partial charge in [0, 0.05) is 38.8 Å². The second kappa shape index (κ2) is 7.96. The molecule has 0 radical (unpaired) electrons. The fourth-order valence-corrected chi connectivity index (χ4v) is 3.87. The Morgan fingerprint density at radius 2 is 2.21 bits per heavy atom. The molecular weight excluding hydrogens is 357 g/mol. The molecule has 4 rings (SSSR count). The molecule has 2 amide bonds. The molecular formula is C21H24FN5O. The molecule has 28 heavy (non-hydrogen) atoms. The molecule has 3 aromatic rings. The summed E-state index contributed by atoms with van der Waals surface area (Å²) in [6.45, 7) is 4.68. The third kappa shape index (κ3) is 3.83. The third-order valence-electron chi connectivity index (χ3n) is 5.28. The summed E-state index contributed by atoms with van der Waals surface area (Å²) < 4.78 is 15.4. The second-order valence-electron chi connectivity index (χ2n) is 7.21. The van der Waals surface area contributed by atoms with Gasteiger partial charge in [0.25, 0.3) is 0 Å². The zero-order chi connectivity index (χ0) is 19.5. The van der Waals surface area contributed by atoms with Gasteiger partial charge < -0.3 is 14.8 Å². The number of halogens is 1. The summed E-state index contributed by atoms with van der Waals surface area (Å²) in [5, 5.41) is 2.89. The van der Waals surface area contributed by atoms with Crippen LogP contribution in [0.3, 0.4) is 0 Å². The van der Waals surface area contributed by atoms with Crippen molar-refractivity contribution in [3.8, 4) is 0 Å². The molecule has 0 spiro atoms. The minimum atomic E-state index is -0.290. The van der Waals surface area contributed by atoms with Crippen molar-refractivity contribution in [3.63, 3.8) is 0 Å². The standard InChI is InChI=1S/C21H24FN5O/c1-2-27-19(25-18-7-4-9-23-20(18)27)12-16-8-10-26(14-16)21(28)24-13-15-5-3-6-17(22)11-15/h3-7,9,11,16H,2,8,10,12-14H2,1H3,(H,24,28)/t16-/m1/s1. The number of carbonyl (C=O) groups is 1. The topological polar surface area (TPSA) is 63.1 Å². The maximum absolute atomic E-state index is 13.3. The number of nitrogens with zero attached hydrogens (tertiary/aromatic N) is 4. The lowest BCUT2D eigenvalue weighted by molar-refractivity contribution is 0.206. The minimum absolute atomic E-state index is 0.0996. The molecule has 1 saturated heterocycles. The number of amides is 2. The van der Waals surface area contributed by atoms with Gasteiger partial charge in [-0.2, -0.15) is 0 Å². The number of benzene rings is 1. The van der Waals surface area contributed by atoms with Crippen LogP contribution in [0.2, 0.25) is 0 Å². The van der Waals surface area contributed by atoms with Crippen LogP contribution in [0, 0.1) is 11.7 Å². The summed E-state index contributed by atoms with van der Waals surface area (Å²) in [5.41, 5.74) is 2.60. The molecule has 0 aliphatic carbocycles. The number of urea groups is 1. The fraction of sp³-hybridized carbons (Fsp3) is 0.381. The monoisotopic (exact) mass is 381 g/mol. The molecule has 6 nitrogen and oxygen atoms in total. The van der Waals surface area contributed by atoms with Crippen LogP contribution in [0.25, 0.3) is 11.2 Å². The number of hydrogen-bond acceptors (Lipinski definition) is 3. The van der Waals surface area contributed by atoms with E-state index in [1.807, 2.05) is 17.0 Å². The molecule has 2 aromatic heterocycles. The van der Waals surface area contributed by atoms with Crippen LogP contribution in [-0.2, 0) is 19.5 Å². The number of imidazole rings is 1. The molecule has 146 valence electrons. The first-order chi connectivity index (χ1) is 13.6. The highest BCUT2D eigenvalue weighted by atomic mass is 19.1. The maximum Gasteiger partial charge on any atom is 0.317 e. The van der Waals surface area contributed by atoms with Gasteiger partial charge in [-0.25, -0.2) is 19.2 Å². The first kappa shape index (κ1) is 18.4. The largest absolute Gasteiger partial charge is 0.334 e. The van der Waals surface area contributed by atoms with Crippen LogP contribution >= 0.6 is 0 Å². The average molecular weight is 381 g/mol. The first-order valence-corrected chi connectivity index (χ1v) is 9.71. The molecule has 1 N–H and O–H groups in total. The van der Waals surface area contributed by atoms with Crippen molar-refractivity contribution in [2.24, 2.45) is 5.92 Å². The quantitative estimate of drug-likeness (QED) is 0.737. The first-order valence-electron chi connectivity index (χ1n) is 9.71. The lowest BCUT2D eigenvalue weighted by Gasteiger charge is -2.17. The van der Waals surface area contributed by atoms with Gasteiger partial charge >= 0.3 is 6.03 Å². The van der Waals surface area contributed by atoms with Crippen molar-refractivity contribution < 1.29 is 9.18 Å². The Morgan fingerprint density at radius 3 is 3.04 bits per heavy atom. The number of rotatable bonds is 5. The van der Waals surface area contributed by atoms with E-state index in [-0.39, 0.29) is 11.8 Å². The van der Waals surface area contributed by atoms with E-state index in [0.29, 0.717) is 19.0 Å². The lowest BCUT2D eigenvalue weighted by atomic mass is 10.0. The number of aromatic nitrogens is 3. The summed E-state index contributed by atoms with van der Waals surface area (Å²) in [5.74, 6) is 1.12. The van der Waals surface area contributed by atoms with E-state index in [0.717, 1.165) is 48.5 Å². The van der Waals surface area contributed by atoms with Gasteiger partial charge in [0.05, 0.1) is 0 Å². The molecule has 1 fully saturated rings. The molecule has 1 aromatic carbocycles. The predicted octanol–water partition coefficient (Wildman–Crippen LogP) is 3.36. The molecule has 1 aliphatic rings. The molecule has 1 aliphatic heterocycles. The SMILES string of the molecule is CCn1c(C[C@H]2CCN(C(=O)NCc3cccc(F)c3)C2)nc2cccnc21. The van der Waals surface area contributed by atoms with Crippen LogP contribution in [0.4, 0.5) is 9.18 Å². The van der Waals surface area contributed by atoms with Crippen molar-refractivity contribution in [2.75, 3.05) is 13.1 Å². The minimum Gasteiger partial charge on any atom is -0.334 e. The van der Waals surface area contributed by atoms with E-state index < -0.39 is 0 Å². The number of nitrogens with one attached hydrogen (secondary N) is 1. The third-order valence-corrected chi connectivity index (χ3v) is 5.28. The summed E-state index contributed by atoms with van der Waals surface area (Å²) >= 11 is 0. The van der Waals surface area contributed by atoms with Crippen molar-refractivity contribution in [1.82, 2.24) is 24.8 Å². The normalized spacial score (nSPS) is 16.6. The van der Waals surface area contributed by atoms with Crippen LogP contribution in [0.15, 0.2) is 42.6 Å². The van der Waals surface area contributed by atoms with Gasteiger partial charge in [0.15, 0.2) is 5.65 Å². The number of fused-ring (bicyclic) bond motifs is 1. The highest BCUT2D eigenvalue weighted by Crippen LogP contribution is 2.23. The summed E-state index contributed by atoms with van der Waals surface area (Å²) in [7, 11) is 0. The van der Waals surface area contributed by atoms with Crippen LogP contribution < -0.4 is 5.32 Å². The van der Waals surface area contributed by atoms with E-state index in [9.17, 15) is 9.18 Å². The van der Waals surface area contributed by atoms with Crippen molar-refractivity contribution in [2.45, 2.75) is 32.9 Å². The molecule has 1 atom stereocenters. The number of likely N-dealkylation sites (tertiary alicyclic amines) is 1. The zero-order valence-corrected chi connectivity index (χ0v) is 15.9. The molecule has 3 heterocycles. The maximum atomic E-state index is 13.3. The predicted molar refractivity (Wildman–Crippen MR) is 105 cm³/mol. The Morgan fingerprint density at radius 1 is 1.32 bits per heavy atom. The van der Waals surface area contributed by atoms with E-state index in [1.54, 1.807) is 18.3 Å². The zero-order valence-electron chi connectivity index (χ0n) is 15.9. The highest BCUT2D eigenvalue weighted by molar-refractivity contribution is 5.74. The van der Waals surface area contributed by atoms with Crippen LogP contribution in [0.1, 0.15) is 24.7 Å². The summed E-state index contributed by atoms with van der Waals surface area (Å²) in [6, 6.07) is 10.1. The van der Waals surface area contributed by atoms with E-state index in [1.165, 1.54) is 12.1 Å². The highest BCUT2D eigenvalue weighted by Gasteiger charge is 2.27. The Balaban J connectivity index is 1.36. The Bertz CT molecular complexity index is 986. The molecule has 0 bridgehead atoms. The fourth-order valence-electron chi connectivity index (χ4n) is 3.87. The van der Waals surface area contributed by atoms with Crippen molar-refractivity contribution in [3.05, 3.63) is 59.8 Å². The Kier molecular flexibility index (Phi) is 5.23. The van der Waals surface area contributed by atoms with E-state index in [4.69, 9.17) is 4.98 Å². The van der Waals surface area contributed by atoms with Crippen LogP contribution in [0.5, 0.6) is 0 Å². The number of aryl methyl sites for hydroxylation is 1. The Hall–Kier alpha value is -2.96. The van der Waals surface area contributed by atoms with E-state index in [2.05, 4.69) is 21.8 Å². The number of carbonyl (C=O) groups excluding carboxylic acids is 1. The lowest BCUT2D eigenvalue weighted by Crippen LogP contribution is -2.38. The van der Waals surface area contributed by atoms with Crippen molar-refractivity contribution in [1.29, 1.82) is 0 Å². The molecule has 0 saturated carbocycles. The number of pyridine rings is 1. The summed E-state index contributed by atoms with van der Waals surface area (Å²) in [4.78, 5) is 23.5. The average Bonchev–Trinajstić information content (AvgIpc) is 3.30. The van der Waals surface area contributed by atoms with Gasteiger partial charge in [-0.1, -0.05) is 12.1 Å². The van der Waals surface area contributed by atoms with Crippen LogP contribution in [-0.4, -0.2) is 38.6 Å². The summed E-state index contributed by atoms with van der Waals surface area (Å²) in [6.07, 6.45) is 3.58. The molecule has 0 unspecified atom stereocenters. The Labute approximate surface area is 163 Å². The van der Waals surface area contributed by atoms with Gasteiger partial charge in [0.2, 0.25) is 0 Å². The number of hydrogen-bond donors (Lipinski definition) is 1. The van der Waals surface area contributed by atoms with Crippen molar-refractivity contribution >= 4 is 17.2 Å². The van der Waals surface area contributed by atoms with Gasteiger partial charge in [-0.05, 0) is 49.1 Å².